The van der Waals surface area contributed by atoms with Gasteiger partial charge in [-0.2, -0.15) is 5.10 Å². The molecule has 2 N–H and O–H groups in total. The molecule has 0 aromatic carbocycles. The molecule has 0 saturated heterocycles. The van der Waals surface area contributed by atoms with Crippen LogP contribution in [0.2, 0.25) is 0 Å². The molecule has 4 heterocycles. The number of aryl methyl sites for hydroxylation is 1. The molecule has 0 amide bonds. The highest BCUT2D eigenvalue weighted by molar-refractivity contribution is 7.16. The van der Waals surface area contributed by atoms with E-state index in [4.69, 9.17) is 4.74 Å². The molecule has 4 rings (SSSR count). The van der Waals surface area contributed by atoms with Crippen LogP contribution < -0.4 is 5.32 Å². The van der Waals surface area contributed by atoms with Crippen molar-refractivity contribution in [1.82, 2.24) is 25.1 Å². The molecule has 7 nitrogen and oxygen atoms in total. The number of aromatic amines is 1. The first kappa shape index (κ1) is 14.2. The van der Waals surface area contributed by atoms with Gasteiger partial charge >= 0.3 is 0 Å². The predicted octanol–water partition coefficient (Wildman–Crippen LogP) is 3.11. The van der Waals surface area contributed by atoms with E-state index in [0.29, 0.717) is 17.7 Å². The third kappa shape index (κ3) is 2.47. The molecule has 3 aromatic rings. The van der Waals surface area contributed by atoms with E-state index in [1.165, 1.54) is 11.3 Å². The Labute approximate surface area is 135 Å². The normalized spacial score (nSPS) is 16.6. The molecule has 23 heavy (non-hydrogen) atoms. The van der Waals surface area contributed by atoms with Crippen LogP contribution in [0.15, 0.2) is 12.4 Å². The first-order chi connectivity index (χ1) is 11.1. The Hall–Kier alpha value is -2.39. The number of anilines is 2. The second-order valence-corrected chi connectivity index (χ2v) is 6.28. The molecule has 1 aliphatic heterocycles. The van der Waals surface area contributed by atoms with Crippen molar-refractivity contribution in [2.75, 3.05) is 5.32 Å². The van der Waals surface area contributed by atoms with Crippen LogP contribution in [0.1, 0.15) is 29.3 Å². The van der Waals surface area contributed by atoms with Crippen LogP contribution >= 0.6 is 11.3 Å². The predicted molar refractivity (Wildman–Crippen MR) is 82.9 cm³/mol. The fraction of sp³-hybridized carbons (Fsp3) is 0.286. The van der Waals surface area contributed by atoms with Crippen molar-refractivity contribution >= 4 is 22.4 Å². The Morgan fingerprint density at radius 1 is 1.39 bits per heavy atom. The van der Waals surface area contributed by atoms with Crippen LogP contribution in [0.5, 0.6) is 0 Å². The summed E-state index contributed by atoms with van der Waals surface area (Å²) in [4.78, 5) is 13.6. The van der Waals surface area contributed by atoms with Crippen LogP contribution in [0.3, 0.4) is 0 Å². The lowest BCUT2D eigenvalue weighted by Crippen LogP contribution is -2.00. The number of rotatable bonds is 2. The van der Waals surface area contributed by atoms with Crippen LogP contribution in [0.25, 0.3) is 11.3 Å². The van der Waals surface area contributed by atoms with Gasteiger partial charge in [0.15, 0.2) is 10.9 Å². The molecule has 1 unspecified atom stereocenters. The van der Waals surface area contributed by atoms with Gasteiger partial charge in [0.2, 0.25) is 5.95 Å². The van der Waals surface area contributed by atoms with Gasteiger partial charge in [-0.1, -0.05) is 11.3 Å². The van der Waals surface area contributed by atoms with Crippen LogP contribution in [0.4, 0.5) is 15.5 Å². The maximum atomic E-state index is 13.2. The van der Waals surface area contributed by atoms with Gasteiger partial charge in [-0.25, -0.2) is 19.3 Å². The zero-order valence-corrected chi connectivity index (χ0v) is 13.2. The first-order valence-electron chi connectivity index (χ1n) is 7.03. The molecule has 0 aliphatic carbocycles. The zero-order chi connectivity index (χ0) is 16.0. The summed E-state index contributed by atoms with van der Waals surface area (Å²) in [7, 11) is 0. The number of hydrogen-bond acceptors (Lipinski definition) is 7. The molecule has 0 bridgehead atoms. The third-order valence-electron chi connectivity index (χ3n) is 3.63. The Kier molecular flexibility index (Phi) is 3.31. The second kappa shape index (κ2) is 5.36. The summed E-state index contributed by atoms with van der Waals surface area (Å²) in [5.74, 6) is -0.120. The number of nitrogens with zero attached hydrogens (tertiary/aromatic N) is 4. The summed E-state index contributed by atoms with van der Waals surface area (Å²) in [6, 6.07) is 0. The van der Waals surface area contributed by atoms with Crippen molar-refractivity contribution in [3.05, 3.63) is 34.5 Å². The molecule has 118 valence electrons. The summed E-state index contributed by atoms with van der Waals surface area (Å²) in [5.41, 5.74) is 2.97. The Morgan fingerprint density at radius 3 is 3.09 bits per heavy atom. The van der Waals surface area contributed by atoms with Crippen molar-refractivity contribution < 1.29 is 9.13 Å². The van der Waals surface area contributed by atoms with Crippen LogP contribution in [-0.2, 0) is 11.3 Å². The first-order valence-corrected chi connectivity index (χ1v) is 7.84. The van der Waals surface area contributed by atoms with Crippen molar-refractivity contribution in [2.45, 2.75) is 26.6 Å². The van der Waals surface area contributed by atoms with Crippen molar-refractivity contribution in [2.24, 2.45) is 0 Å². The van der Waals surface area contributed by atoms with E-state index in [0.717, 1.165) is 28.0 Å². The summed E-state index contributed by atoms with van der Waals surface area (Å²) < 4.78 is 19.0. The topological polar surface area (TPSA) is 88.6 Å². The van der Waals surface area contributed by atoms with Gasteiger partial charge in [0, 0.05) is 5.56 Å². The minimum atomic E-state index is -0.434. The third-order valence-corrected chi connectivity index (χ3v) is 4.57. The summed E-state index contributed by atoms with van der Waals surface area (Å²) in [6.07, 6.45) is 2.83. The van der Waals surface area contributed by atoms with E-state index in [9.17, 15) is 4.39 Å². The number of halogens is 1. The minimum absolute atomic E-state index is 0.0617. The van der Waals surface area contributed by atoms with E-state index >= 15 is 0 Å². The highest BCUT2D eigenvalue weighted by Gasteiger charge is 2.25. The number of hydrogen-bond donors (Lipinski definition) is 2. The lowest BCUT2D eigenvalue weighted by atomic mass is 10.1. The maximum Gasteiger partial charge on any atom is 0.229 e. The molecular weight excluding hydrogens is 319 g/mol. The molecule has 0 spiro atoms. The van der Waals surface area contributed by atoms with Crippen molar-refractivity contribution in [1.29, 1.82) is 0 Å². The number of ether oxygens (including phenoxy) is 1. The number of aromatic nitrogens is 5. The van der Waals surface area contributed by atoms with Gasteiger partial charge in [0.1, 0.15) is 0 Å². The fourth-order valence-electron chi connectivity index (χ4n) is 2.40. The smallest absolute Gasteiger partial charge is 0.229 e. The average Bonchev–Trinajstić information content (AvgIpc) is 3.13. The Balaban J connectivity index is 1.69. The number of thiazole rings is 1. The average molecular weight is 332 g/mol. The fourth-order valence-corrected chi connectivity index (χ4v) is 3.29. The Bertz CT molecular complexity index is 876. The number of fused-ring (bicyclic) bond motifs is 3. The zero-order valence-electron chi connectivity index (χ0n) is 12.4. The Morgan fingerprint density at radius 2 is 2.26 bits per heavy atom. The standard InChI is InChI=1S/C14H13FN6OS/c1-6-9(15)4-16-13(18-6)20-14-19-12-8-3-17-21-11(8)7(2)22-5-10(12)23-14/h3-4,7H,5H2,1-2H3,(H,17,21)(H,16,18,19,20). The van der Waals surface area contributed by atoms with Gasteiger partial charge in [-0.05, 0) is 13.8 Å². The number of H-pyrrole nitrogens is 1. The summed E-state index contributed by atoms with van der Waals surface area (Å²) in [5, 5.41) is 10.7. The lowest BCUT2D eigenvalue weighted by Gasteiger charge is -2.08. The molecule has 9 heteroatoms. The van der Waals surface area contributed by atoms with Crippen LogP contribution in [-0.4, -0.2) is 25.1 Å². The van der Waals surface area contributed by atoms with E-state index in [-0.39, 0.29) is 11.8 Å². The molecule has 1 aliphatic rings. The number of nitrogens with one attached hydrogen (secondary N) is 2. The van der Waals surface area contributed by atoms with Gasteiger partial charge < -0.3 is 10.1 Å². The largest absolute Gasteiger partial charge is 0.367 e. The summed E-state index contributed by atoms with van der Waals surface area (Å²) in [6.45, 7) is 4.04. The molecule has 0 saturated carbocycles. The molecule has 0 fully saturated rings. The van der Waals surface area contributed by atoms with Crippen molar-refractivity contribution in [3.63, 3.8) is 0 Å². The van der Waals surface area contributed by atoms with Gasteiger partial charge in [-0.15, -0.1) is 0 Å². The van der Waals surface area contributed by atoms with E-state index in [1.54, 1.807) is 13.1 Å². The second-order valence-electron chi connectivity index (χ2n) is 5.19. The highest BCUT2D eigenvalue weighted by atomic mass is 32.1. The highest BCUT2D eigenvalue weighted by Crippen LogP contribution is 2.39. The van der Waals surface area contributed by atoms with Crippen molar-refractivity contribution in [3.8, 4) is 11.3 Å². The maximum absolute atomic E-state index is 13.2. The quantitative estimate of drug-likeness (QED) is 0.749. The SMILES string of the molecule is Cc1nc(Nc2nc3c(s2)COC(C)c2[nH]ncc2-3)ncc1F. The van der Waals surface area contributed by atoms with Crippen LogP contribution in [0, 0.1) is 12.7 Å². The minimum Gasteiger partial charge on any atom is -0.367 e. The lowest BCUT2D eigenvalue weighted by molar-refractivity contribution is 0.0537. The monoisotopic (exact) mass is 332 g/mol. The molecule has 0 radical (unpaired) electrons. The summed E-state index contributed by atoms with van der Waals surface area (Å²) >= 11 is 1.46. The van der Waals surface area contributed by atoms with E-state index < -0.39 is 5.82 Å². The molecular formula is C14H13FN6OS. The van der Waals surface area contributed by atoms with Gasteiger partial charge in [0.05, 0.1) is 47.1 Å². The molecule has 3 aromatic heterocycles. The van der Waals surface area contributed by atoms with Gasteiger partial charge in [-0.3, -0.25) is 5.10 Å². The van der Waals surface area contributed by atoms with E-state index in [1.807, 2.05) is 6.92 Å². The van der Waals surface area contributed by atoms with E-state index in [2.05, 4.69) is 30.5 Å². The van der Waals surface area contributed by atoms with Gasteiger partial charge in [0.25, 0.3) is 0 Å². The molecule has 1 atom stereocenters.